The molecule has 4 N–H and O–H groups in total. The molecule has 0 bridgehead atoms. The summed E-state index contributed by atoms with van der Waals surface area (Å²) in [6.45, 7) is 9.75. The van der Waals surface area contributed by atoms with E-state index in [1.54, 1.807) is 22.2 Å². The quantitative estimate of drug-likeness (QED) is 0.222. The van der Waals surface area contributed by atoms with Crippen LogP contribution >= 0.6 is 0 Å². The number of hydrogen-bond acceptors (Lipinski definition) is 9. The number of hydrogen-bond donors (Lipinski definition) is 4. The van der Waals surface area contributed by atoms with Crippen molar-refractivity contribution in [3.8, 4) is 0 Å². The SMILES string of the molecule is COC(=O)NC(C(=O)N1CCCC1c1ncc(CCOCCc2cnc(C3CCCN3C(=O)C(NC(=O)OC)C(C)C)[nH]2)[nH]1)C(C)C. The van der Waals surface area contributed by atoms with E-state index in [-0.39, 0.29) is 35.7 Å². The molecule has 2 aromatic heterocycles. The average molecular weight is 659 g/mol. The summed E-state index contributed by atoms with van der Waals surface area (Å²) in [5.41, 5.74) is 1.84. The van der Waals surface area contributed by atoms with Gasteiger partial charge in [0.15, 0.2) is 0 Å². The van der Waals surface area contributed by atoms with Gasteiger partial charge in [0.1, 0.15) is 23.7 Å². The molecule has 4 amide bonds. The summed E-state index contributed by atoms with van der Waals surface area (Å²) in [4.78, 5) is 69.8. The van der Waals surface area contributed by atoms with Crippen LogP contribution in [0.5, 0.6) is 0 Å². The number of nitrogens with zero attached hydrogens (tertiary/aromatic N) is 4. The average Bonchev–Trinajstić information content (AvgIpc) is 3.87. The summed E-state index contributed by atoms with van der Waals surface area (Å²) in [5, 5.41) is 5.34. The summed E-state index contributed by atoms with van der Waals surface area (Å²) < 4.78 is 15.3. The van der Waals surface area contributed by atoms with Gasteiger partial charge in [-0.05, 0) is 37.5 Å². The minimum atomic E-state index is -0.677. The van der Waals surface area contributed by atoms with E-state index in [1.165, 1.54) is 14.2 Å². The van der Waals surface area contributed by atoms with Gasteiger partial charge in [-0.15, -0.1) is 0 Å². The maximum Gasteiger partial charge on any atom is 0.407 e. The highest BCUT2D eigenvalue weighted by atomic mass is 16.5. The van der Waals surface area contributed by atoms with E-state index >= 15 is 0 Å². The Kier molecular flexibility index (Phi) is 12.6. The number of alkyl carbamates (subject to hydrolysis) is 2. The second-order valence-electron chi connectivity index (χ2n) is 12.8. The van der Waals surface area contributed by atoms with Crippen LogP contribution in [0, 0.1) is 11.8 Å². The lowest BCUT2D eigenvalue weighted by atomic mass is 10.0. The lowest BCUT2D eigenvalue weighted by Crippen LogP contribution is -2.51. The molecule has 4 rings (SSSR count). The molecule has 2 aromatic rings. The zero-order valence-corrected chi connectivity index (χ0v) is 28.3. The Hall–Kier alpha value is -4.14. The minimum Gasteiger partial charge on any atom is -0.453 e. The van der Waals surface area contributed by atoms with E-state index in [0.29, 0.717) is 39.1 Å². The zero-order chi connectivity index (χ0) is 34.1. The van der Waals surface area contributed by atoms with Crippen molar-refractivity contribution in [3.63, 3.8) is 0 Å². The number of rotatable bonds is 14. The highest BCUT2D eigenvalue weighted by molar-refractivity contribution is 5.87. The lowest BCUT2D eigenvalue weighted by Gasteiger charge is -2.30. The molecule has 2 fully saturated rings. The number of aromatic amines is 2. The molecule has 15 nitrogen and oxygen atoms in total. The molecule has 260 valence electrons. The van der Waals surface area contributed by atoms with Gasteiger partial charge in [0.25, 0.3) is 0 Å². The molecule has 2 aliphatic heterocycles. The van der Waals surface area contributed by atoms with Crippen molar-refractivity contribution in [1.29, 1.82) is 0 Å². The van der Waals surface area contributed by atoms with Gasteiger partial charge in [0.05, 0.1) is 39.5 Å². The van der Waals surface area contributed by atoms with Crippen LogP contribution in [0.1, 0.15) is 88.5 Å². The predicted molar refractivity (Wildman–Crippen MR) is 171 cm³/mol. The molecule has 4 atom stereocenters. The van der Waals surface area contributed by atoms with Gasteiger partial charge in [0.2, 0.25) is 11.8 Å². The van der Waals surface area contributed by atoms with Crippen LogP contribution in [0.4, 0.5) is 9.59 Å². The lowest BCUT2D eigenvalue weighted by molar-refractivity contribution is -0.136. The fraction of sp³-hybridized carbons (Fsp3) is 0.688. The highest BCUT2D eigenvalue weighted by Crippen LogP contribution is 2.32. The summed E-state index contributed by atoms with van der Waals surface area (Å²) in [6.07, 6.45) is 6.88. The number of carbonyl (C=O) groups is 4. The molecule has 0 radical (unpaired) electrons. The van der Waals surface area contributed by atoms with Crippen molar-refractivity contribution in [2.75, 3.05) is 40.5 Å². The van der Waals surface area contributed by atoms with Crippen LogP contribution in [0.25, 0.3) is 0 Å². The number of likely N-dealkylation sites (tertiary alicyclic amines) is 2. The number of aromatic nitrogens is 4. The third kappa shape index (κ3) is 9.02. The number of amides is 4. The normalized spacial score (nSPS) is 19.2. The van der Waals surface area contributed by atoms with E-state index in [1.807, 2.05) is 27.7 Å². The molecular weight excluding hydrogens is 608 g/mol. The molecule has 2 aliphatic rings. The van der Waals surface area contributed by atoms with E-state index < -0.39 is 24.3 Å². The van der Waals surface area contributed by atoms with Gasteiger partial charge >= 0.3 is 12.2 Å². The first kappa shape index (κ1) is 35.7. The molecule has 15 heteroatoms. The topological polar surface area (TPSA) is 184 Å². The number of methoxy groups -OCH3 is 2. The second-order valence-corrected chi connectivity index (χ2v) is 12.8. The standard InChI is InChI=1S/C32H50N8O7/c1-19(2)25(37-31(43)45-5)29(41)39-13-7-9-23(39)27-33-17-21(35-27)11-15-47-16-12-22-18-34-28(36-22)24-10-8-14-40(24)30(42)26(20(3)4)38-32(44)46-6/h17-20,23-26H,7-16H2,1-6H3,(H,33,35)(H,34,36)(H,37,43)(H,38,44). The minimum absolute atomic E-state index is 0.0959. The molecule has 0 saturated carbocycles. The Morgan fingerprint density at radius 1 is 0.766 bits per heavy atom. The molecule has 4 unspecified atom stereocenters. The van der Waals surface area contributed by atoms with Crippen molar-refractivity contribution in [1.82, 2.24) is 40.4 Å². The molecule has 0 spiro atoms. The maximum atomic E-state index is 13.4. The summed E-state index contributed by atoms with van der Waals surface area (Å²) >= 11 is 0. The Labute approximate surface area is 275 Å². The zero-order valence-electron chi connectivity index (χ0n) is 28.3. The van der Waals surface area contributed by atoms with Crippen LogP contribution in [0.3, 0.4) is 0 Å². The monoisotopic (exact) mass is 658 g/mol. The van der Waals surface area contributed by atoms with Crippen molar-refractivity contribution in [2.24, 2.45) is 11.8 Å². The van der Waals surface area contributed by atoms with Gasteiger partial charge in [-0.25, -0.2) is 19.6 Å². The van der Waals surface area contributed by atoms with Crippen molar-refractivity contribution < 1.29 is 33.4 Å². The van der Waals surface area contributed by atoms with Crippen molar-refractivity contribution in [3.05, 3.63) is 35.4 Å². The number of ether oxygens (including phenoxy) is 3. The Bertz CT molecular complexity index is 1260. The first-order valence-electron chi connectivity index (χ1n) is 16.5. The van der Waals surface area contributed by atoms with E-state index in [4.69, 9.17) is 14.2 Å². The van der Waals surface area contributed by atoms with E-state index in [9.17, 15) is 19.2 Å². The van der Waals surface area contributed by atoms with E-state index in [0.717, 1.165) is 48.7 Å². The molecule has 0 aromatic carbocycles. The van der Waals surface area contributed by atoms with Gasteiger partial charge < -0.3 is 44.6 Å². The first-order valence-corrected chi connectivity index (χ1v) is 16.5. The first-order chi connectivity index (χ1) is 22.5. The van der Waals surface area contributed by atoms with Crippen LogP contribution < -0.4 is 10.6 Å². The number of nitrogens with one attached hydrogen (secondary N) is 4. The summed E-state index contributed by atoms with van der Waals surface area (Å²) in [6, 6.07) is -1.72. The fourth-order valence-corrected chi connectivity index (χ4v) is 6.20. The van der Waals surface area contributed by atoms with Gasteiger partial charge in [-0.3, -0.25) is 9.59 Å². The summed E-state index contributed by atoms with van der Waals surface area (Å²) in [7, 11) is 2.56. The molecular formula is C32H50N8O7. The van der Waals surface area contributed by atoms with Crippen LogP contribution in [0.15, 0.2) is 12.4 Å². The van der Waals surface area contributed by atoms with Crippen molar-refractivity contribution >= 4 is 24.0 Å². The molecule has 4 heterocycles. The molecule has 0 aliphatic carbocycles. The smallest absolute Gasteiger partial charge is 0.407 e. The van der Waals surface area contributed by atoms with Crippen LogP contribution in [-0.4, -0.2) is 106 Å². The van der Waals surface area contributed by atoms with Crippen molar-refractivity contribution in [2.45, 2.75) is 90.4 Å². The largest absolute Gasteiger partial charge is 0.453 e. The van der Waals surface area contributed by atoms with Crippen LogP contribution in [0.2, 0.25) is 0 Å². The summed E-state index contributed by atoms with van der Waals surface area (Å²) in [5.74, 6) is 0.994. The Balaban J connectivity index is 1.24. The third-order valence-electron chi connectivity index (χ3n) is 8.81. The Morgan fingerprint density at radius 3 is 1.53 bits per heavy atom. The fourth-order valence-electron chi connectivity index (χ4n) is 6.20. The van der Waals surface area contributed by atoms with Crippen LogP contribution in [-0.2, 0) is 36.6 Å². The Morgan fingerprint density at radius 2 is 1.17 bits per heavy atom. The van der Waals surface area contributed by atoms with E-state index in [2.05, 4.69) is 30.6 Å². The van der Waals surface area contributed by atoms with Gasteiger partial charge in [-0.1, -0.05) is 27.7 Å². The predicted octanol–water partition coefficient (Wildman–Crippen LogP) is 3.02. The number of imidazole rings is 2. The maximum absolute atomic E-state index is 13.4. The number of H-pyrrole nitrogens is 2. The van der Waals surface area contributed by atoms with Gasteiger partial charge in [-0.2, -0.15) is 0 Å². The molecule has 47 heavy (non-hydrogen) atoms. The second kappa shape index (κ2) is 16.6. The number of carbonyl (C=O) groups excluding carboxylic acids is 4. The third-order valence-corrected chi connectivity index (χ3v) is 8.81. The van der Waals surface area contributed by atoms with Gasteiger partial charge in [0, 0.05) is 49.7 Å². The highest BCUT2D eigenvalue weighted by Gasteiger charge is 2.38. The molecule has 2 saturated heterocycles.